The molecule has 0 saturated heterocycles. The van der Waals surface area contributed by atoms with E-state index < -0.39 is 12.2 Å². The van der Waals surface area contributed by atoms with Gasteiger partial charge in [-0.1, -0.05) is 46.5 Å². The number of nitrogens with one attached hydrogen (secondary N) is 2. The van der Waals surface area contributed by atoms with E-state index in [-0.39, 0.29) is 17.9 Å². The number of nitrogens with zero attached hydrogens (tertiary/aromatic N) is 1. The molecule has 0 unspecified atom stereocenters. The van der Waals surface area contributed by atoms with E-state index in [1.165, 1.54) is 0 Å². The number of methoxy groups -OCH3 is 1. The third-order valence-electron chi connectivity index (χ3n) is 6.90. The molecule has 208 valence electrons. The molecule has 2 aromatic carbocycles. The highest BCUT2D eigenvalue weighted by atomic mass is 16.7. The standard InChI is InChI=1S/C30H43N3O5/c1-8-37-29(35)38-27-23(30(2,3)4)19-24(36-7)26(25(27)20-13-11-9-10-12-14-20)32-28(34)31-21-15-17-22(18-16-21)33(5)6/h15-20H,8-14H2,1-7H3,(H2,31,32,34). The number of ether oxygens (including phenoxy) is 3. The van der Waals surface area contributed by atoms with Gasteiger partial charge in [-0.3, -0.25) is 0 Å². The Kier molecular flexibility index (Phi) is 9.89. The number of urea groups is 1. The van der Waals surface area contributed by atoms with Gasteiger partial charge in [0.1, 0.15) is 11.5 Å². The van der Waals surface area contributed by atoms with Gasteiger partial charge in [-0.2, -0.15) is 0 Å². The third-order valence-corrected chi connectivity index (χ3v) is 6.90. The molecular formula is C30H43N3O5. The van der Waals surface area contributed by atoms with Crippen LogP contribution in [0.1, 0.15) is 83.3 Å². The first kappa shape index (κ1) is 29.1. The maximum absolute atomic E-state index is 13.3. The zero-order valence-electron chi connectivity index (χ0n) is 23.9. The Balaban J connectivity index is 2.10. The molecule has 8 heteroatoms. The molecule has 0 aromatic heterocycles. The average molecular weight is 526 g/mol. The van der Waals surface area contributed by atoms with E-state index in [1.54, 1.807) is 14.0 Å². The van der Waals surface area contributed by atoms with Crippen molar-refractivity contribution in [1.29, 1.82) is 0 Å². The number of hydrogen-bond acceptors (Lipinski definition) is 6. The van der Waals surface area contributed by atoms with E-state index in [9.17, 15) is 9.59 Å². The molecule has 0 bridgehead atoms. The van der Waals surface area contributed by atoms with Gasteiger partial charge in [0.2, 0.25) is 0 Å². The van der Waals surface area contributed by atoms with Crippen molar-refractivity contribution in [1.82, 2.24) is 0 Å². The number of anilines is 3. The van der Waals surface area contributed by atoms with Crippen LogP contribution in [0.4, 0.5) is 26.7 Å². The van der Waals surface area contributed by atoms with Crippen molar-refractivity contribution in [2.75, 3.05) is 43.3 Å². The lowest BCUT2D eigenvalue weighted by atomic mass is 9.80. The third kappa shape index (κ3) is 7.33. The molecule has 1 aliphatic rings. The van der Waals surface area contributed by atoms with Crippen molar-refractivity contribution in [3.8, 4) is 11.5 Å². The molecule has 0 radical (unpaired) electrons. The van der Waals surface area contributed by atoms with Crippen LogP contribution < -0.4 is 25.0 Å². The first-order valence-corrected chi connectivity index (χ1v) is 13.5. The number of rotatable bonds is 7. The molecule has 2 aromatic rings. The molecule has 1 saturated carbocycles. The molecule has 8 nitrogen and oxygen atoms in total. The minimum atomic E-state index is -0.755. The van der Waals surface area contributed by atoms with Gasteiger partial charge in [0, 0.05) is 36.6 Å². The number of benzene rings is 2. The summed E-state index contributed by atoms with van der Waals surface area (Å²) < 4.78 is 16.9. The zero-order valence-corrected chi connectivity index (χ0v) is 23.9. The summed E-state index contributed by atoms with van der Waals surface area (Å²) >= 11 is 0. The Hall–Kier alpha value is -3.42. The predicted octanol–water partition coefficient (Wildman–Crippen LogP) is 7.68. The monoisotopic (exact) mass is 525 g/mol. The average Bonchev–Trinajstić information content (AvgIpc) is 3.13. The molecule has 0 heterocycles. The van der Waals surface area contributed by atoms with Gasteiger partial charge in [0.25, 0.3) is 0 Å². The van der Waals surface area contributed by atoms with Gasteiger partial charge in [-0.25, -0.2) is 9.59 Å². The van der Waals surface area contributed by atoms with Crippen molar-refractivity contribution < 1.29 is 23.8 Å². The molecule has 1 aliphatic carbocycles. The van der Waals surface area contributed by atoms with E-state index in [0.29, 0.717) is 22.9 Å². The number of carbonyl (C=O) groups excluding carboxylic acids is 2. The number of carbonyl (C=O) groups is 2. The first-order valence-electron chi connectivity index (χ1n) is 13.5. The molecule has 3 rings (SSSR count). The van der Waals surface area contributed by atoms with E-state index in [0.717, 1.165) is 55.3 Å². The Labute approximate surface area is 227 Å². The van der Waals surface area contributed by atoms with Crippen molar-refractivity contribution in [2.45, 2.75) is 77.6 Å². The summed E-state index contributed by atoms with van der Waals surface area (Å²) in [6, 6.07) is 9.05. The Morgan fingerprint density at radius 3 is 2.16 bits per heavy atom. The van der Waals surface area contributed by atoms with Crippen LogP contribution in [0.3, 0.4) is 0 Å². The van der Waals surface area contributed by atoms with Crippen molar-refractivity contribution >= 4 is 29.2 Å². The quantitative estimate of drug-likeness (QED) is 0.219. The van der Waals surface area contributed by atoms with Gasteiger partial charge in [0.15, 0.2) is 0 Å². The maximum atomic E-state index is 13.3. The Morgan fingerprint density at radius 1 is 1.00 bits per heavy atom. The summed E-state index contributed by atoms with van der Waals surface area (Å²) in [7, 11) is 5.52. The van der Waals surface area contributed by atoms with Gasteiger partial charge in [-0.15, -0.1) is 0 Å². The summed E-state index contributed by atoms with van der Waals surface area (Å²) in [5.41, 5.74) is 3.48. The molecule has 2 N–H and O–H groups in total. The first-order chi connectivity index (χ1) is 18.0. The van der Waals surface area contributed by atoms with Gasteiger partial charge in [0.05, 0.1) is 19.4 Å². The maximum Gasteiger partial charge on any atom is 0.513 e. The van der Waals surface area contributed by atoms with Crippen molar-refractivity contribution in [2.24, 2.45) is 0 Å². The second-order valence-corrected chi connectivity index (χ2v) is 11.0. The molecular weight excluding hydrogens is 482 g/mol. The molecule has 2 amide bonds. The summed E-state index contributed by atoms with van der Waals surface area (Å²) in [4.78, 5) is 27.9. The van der Waals surface area contributed by atoms with Crippen LogP contribution in [-0.2, 0) is 10.2 Å². The lowest BCUT2D eigenvalue weighted by Gasteiger charge is -2.30. The largest absolute Gasteiger partial charge is 0.513 e. The summed E-state index contributed by atoms with van der Waals surface area (Å²) in [5, 5.41) is 5.96. The number of amides is 2. The Morgan fingerprint density at radius 2 is 1.63 bits per heavy atom. The highest BCUT2D eigenvalue weighted by Crippen LogP contribution is 2.50. The van der Waals surface area contributed by atoms with Crippen LogP contribution in [0.5, 0.6) is 11.5 Å². The normalized spacial score (nSPS) is 14.3. The summed E-state index contributed by atoms with van der Waals surface area (Å²) in [6.45, 7) is 8.14. The van der Waals surface area contributed by atoms with Crippen molar-refractivity contribution in [3.63, 3.8) is 0 Å². The summed E-state index contributed by atoms with van der Waals surface area (Å²) in [6.07, 6.45) is 5.55. The fourth-order valence-electron chi connectivity index (χ4n) is 4.92. The molecule has 38 heavy (non-hydrogen) atoms. The summed E-state index contributed by atoms with van der Waals surface area (Å²) in [5.74, 6) is 1.07. The van der Waals surface area contributed by atoms with Gasteiger partial charge >= 0.3 is 12.2 Å². The topological polar surface area (TPSA) is 89.1 Å². The van der Waals surface area contributed by atoms with Gasteiger partial charge < -0.3 is 29.7 Å². The van der Waals surface area contributed by atoms with Crippen LogP contribution >= 0.6 is 0 Å². The van der Waals surface area contributed by atoms with Crippen LogP contribution in [0.2, 0.25) is 0 Å². The fourth-order valence-corrected chi connectivity index (χ4v) is 4.92. The molecule has 0 atom stereocenters. The minimum Gasteiger partial charge on any atom is -0.495 e. The Bertz CT molecular complexity index is 1100. The smallest absolute Gasteiger partial charge is 0.495 e. The number of hydrogen-bond donors (Lipinski definition) is 2. The second kappa shape index (κ2) is 12.9. The predicted molar refractivity (Wildman–Crippen MR) is 153 cm³/mol. The van der Waals surface area contributed by atoms with Crippen LogP contribution in [-0.4, -0.2) is 40.0 Å². The highest BCUT2D eigenvalue weighted by molar-refractivity contribution is 6.02. The highest BCUT2D eigenvalue weighted by Gasteiger charge is 2.33. The van der Waals surface area contributed by atoms with Crippen LogP contribution in [0.15, 0.2) is 30.3 Å². The fraction of sp³-hybridized carbons (Fsp3) is 0.533. The molecule has 1 fully saturated rings. The van der Waals surface area contributed by atoms with E-state index in [4.69, 9.17) is 14.2 Å². The second-order valence-electron chi connectivity index (χ2n) is 11.0. The molecule has 0 spiro atoms. The van der Waals surface area contributed by atoms with E-state index in [2.05, 4.69) is 31.4 Å². The lowest BCUT2D eigenvalue weighted by Crippen LogP contribution is -2.24. The van der Waals surface area contributed by atoms with Crippen LogP contribution in [0.25, 0.3) is 0 Å². The minimum absolute atomic E-state index is 0.0906. The van der Waals surface area contributed by atoms with Crippen LogP contribution in [0, 0.1) is 0 Å². The van der Waals surface area contributed by atoms with E-state index >= 15 is 0 Å². The van der Waals surface area contributed by atoms with E-state index in [1.807, 2.05) is 49.3 Å². The van der Waals surface area contributed by atoms with Crippen molar-refractivity contribution in [3.05, 3.63) is 41.5 Å². The molecule has 0 aliphatic heterocycles. The zero-order chi connectivity index (χ0) is 27.9. The van der Waals surface area contributed by atoms with Gasteiger partial charge in [-0.05, 0) is 61.4 Å². The SMILES string of the molecule is CCOC(=O)Oc1c(C(C)(C)C)cc(OC)c(NC(=O)Nc2ccc(N(C)C)cc2)c1C1CCCCCC1. The lowest BCUT2D eigenvalue weighted by molar-refractivity contribution is 0.103.